The summed E-state index contributed by atoms with van der Waals surface area (Å²) in [4.78, 5) is 11.1. The lowest BCUT2D eigenvalue weighted by atomic mass is 10.3. The third-order valence-corrected chi connectivity index (χ3v) is 2.88. The van der Waals surface area contributed by atoms with Gasteiger partial charge in [0.2, 0.25) is 0 Å². The second kappa shape index (κ2) is 5.32. The Kier molecular flexibility index (Phi) is 4.35. The lowest BCUT2D eigenvalue weighted by Gasteiger charge is -2.08. The Morgan fingerprint density at radius 1 is 1.60 bits per heavy atom. The number of anilines is 1. The first kappa shape index (κ1) is 12.3. The lowest BCUT2D eigenvalue weighted by molar-refractivity contribution is 0.252. The van der Waals surface area contributed by atoms with Crippen LogP contribution in [-0.4, -0.2) is 12.6 Å². The highest BCUT2D eigenvalue weighted by atomic mass is 79.9. The summed E-state index contributed by atoms with van der Waals surface area (Å²) >= 11 is 8.73. The highest BCUT2D eigenvalue weighted by Gasteiger charge is 2.11. The molecule has 0 atom stereocenters. The van der Waals surface area contributed by atoms with Gasteiger partial charge < -0.3 is 10.6 Å². The van der Waals surface area contributed by atoms with E-state index in [1.165, 1.54) is 6.07 Å². The Balaban J connectivity index is 2.87. The summed E-state index contributed by atoms with van der Waals surface area (Å²) in [6.45, 7) is 2.24. The van der Waals surface area contributed by atoms with Crippen LogP contribution < -0.4 is 10.6 Å². The van der Waals surface area contributed by atoms with E-state index >= 15 is 0 Å². The molecule has 3 nitrogen and oxygen atoms in total. The van der Waals surface area contributed by atoms with Crippen molar-refractivity contribution in [1.82, 2.24) is 5.32 Å². The first-order valence-corrected chi connectivity index (χ1v) is 5.41. The van der Waals surface area contributed by atoms with E-state index < -0.39 is 11.8 Å². The third kappa shape index (κ3) is 3.07. The Hall–Kier alpha value is -0.810. The number of hydrogen-bond donors (Lipinski definition) is 2. The summed E-state index contributed by atoms with van der Waals surface area (Å²) < 4.78 is 13.9. The fraction of sp³-hybridized carbons (Fsp3) is 0.222. The van der Waals surface area contributed by atoms with E-state index in [0.29, 0.717) is 11.0 Å². The predicted octanol–water partition coefficient (Wildman–Crippen LogP) is 3.38. The largest absolute Gasteiger partial charge is 0.338 e. The minimum absolute atomic E-state index is 0.0501. The molecule has 0 saturated heterocycles. The summed E-state index contributed by atoms with van der Waals surface area (Å²) in [5, 5.41) is 4.78. The van der Waals surface area contributed by atoms with Crippen molar-refractivity contribution in [1.29, 1.82) is 0 Å². The number of nitrogens with one attached hydrogen (secondary N) is 2. The molecule has 0 saturated carbocycles. The lowest BCUT2D eigenvalue weighted by Crippen LogP contribution is -2.28. The zero-order valence-electron chi connectivity index (χ0n) is 7.90. The SMILES string of the molecule is CCNC(=O)Nc1ccc(Br)c(Cl)c1F. The number of carbonyl (C=O) groups excluding carboxylic acids is 1. The van der Waals surface area contributed by atoms with Crippen LogP contribution in [-0.2, 0) is 0 Å². The molecule has 0 heterocycles. The molecule has 0 aliphatic heterocycles. The minimum atomic E-state index is -0.655. The number of hydrogen-bond acceptors (Lipinski definition) is 1. The van der Waals surface area contributed by atoms with Gasteiger partial charge in [-0.2, -0.15) is 0 Å². The maximum Gasteiger partial charge on any atom is 0.319 e. The molecule has 0 radical (unpaired) electrons. The van der Waals surface area contributed by atoms with Crippen LogP contribution in [0.5, 0.6) is 0 Å². The van der Waals surface area contributed by atoms with Crippen LogP contribution in [0.4, 0.5) is 14.9 Å². The number of halogens is 3. The fourth-order valence-electron chi connectivity index (χ4n) is 0.950. The number of carbonyl (C=O) groups is 1. The van der Waals surface area contributed by atoms with Gasteiger partial charge in [0.25, 0.3) is 0 Å². The van der Waals surface area contributed by atoms with Crippen molar-refractivity contribution in [3.05, 3.63) is 27.4 Å². The van der Waals surface area contributed by atoms with Crippen LogP contribution in [0.1, 0.15) is 6.92 Å². The second-order valence-electron chi connectivity index (χ2n) is 2.71. The van der Waals surface area contributed by atoms with Crippen LogP contribution in [0.15, 0.2) is 16.6 Å². The van der Waals surface area contributed by atoms with Gasteiger partial charge in [-0.05, 0) is 35.0 Å². The first-order valence-electron chi connectivity index (χ1n) is 4.24. The summed E-state index contributed by atoms with van der Waals surface area (Å²) in [5.41, 5.74) is 0.0501. The van der Waals surface area contributed by atoms with Crippen LogP contribution in [0.25, 0.3) is 0 Å². The molecular weight excluding hydrogens is 286 g/mol. The van der Waals surface area contributed by atoms with E-state index in [0.717, 1.165) is 0 Å². The van der Waals surface area contributed by atoms with E-state index in [1.807, 2.05) is 0 Å². The predicted molar refractivity (Wildman–Crippen MR) is 61.8 cm³/mol. The molecule has 2 amide bonds. The maximum atomic E-state index is 13.5. The first-order chi connectivity index (χ1) is 7.06. The van der Waals surface area contributed by atoms with Crippen molar-refractivity contribution >= 4 is 39.2 Å². The van der Waals surface area contributed by atoms with Crippen LogP contribution in [0, 0.1) is 5.82 Å². The van der Waals surface area contributed by atoms with Gasteiger partial charge in [0.1, 0.15) is 0 Å². The van der Waals surface area contributed by atoms with E-state index in [4.69, 9.17) is 11.6 Å². The average Bonchev–Trinajstić information content (AvgIpc) is 2.20. The van der Waals surface area contributed by atoms with E-state index in [-0.39, 0.29) is 10.7 Å². The molecule has 1 aromatic carbocycles. The standard InChI is InChI=1S/C9H9BrClFN2O/c1-2-13-9(15)14-6-4-3-5(10)7(11)8(6)12/h3-4H,2H2,1H3,(H2,13,14,15). The molecule has 0 bridgehead atoms. The van der Waals surface area contributed by atoms with E-state index in [1.54, 1.807) is 13.0 Å². The molecule has 15 heavy (non-hydrogen) atoms. The molecule has 0 aliphatic carbocycles. The molecule has 1 rings (SSSR count). The van der Waals surface area contributed by atoms with Gasteiger partial charge >= 0.3 is 6.03 Å². The van der Waals surface area contributed by atoms with Crippen molar-refractivity contribution < 1.29 is 9.18 Å². The molecule has 2 N–H and O–H groups in total. The Morgan fingerprint density at radius 3 is 2.87 bits per heavy atom. The van der Waals surface area contributed by atoms with Gasteiger partial charge in [0.15, 0.2) is 5.82 Å². The number of rotatable bonds is 2. The minimum Gasteiger partial charge on any atom is -0.338 e. The van der Waals surface area contributed by atoms with Crippen LogP contribution in [0.2, 0.25) is 5.02 Å². The zero-order valence-corrected chi connectivity index (χ0v) is 10.2. The van der Waals surface area contributed by atoms with E-state index in [9.17, 15) is 9.18 Å². The molecule has 1 aromatic rings. The van der Waals surface area contributed by atoms with Crippen molar-refractivity contribution in [2.24, 2.45) is 0 Å². The summed E-state index contributed by atoms with van der Waals surface area (Å²) in [7, 11) is 0. The molecule has 0 unspecified atom stereocenters. The molecule has 0 aromatic heterocycles. The van der Waals surface area contributed by atoms with Crippen molar-refractivity contribution in [2.45, 2.75) is 6.92 Å². The highest BCUT2D eigenvalue weighted by molar-refractivity contribution is 9.10. The highest BCUT2D eigenvalue weighted by Crippen LogP contribution is 2.30. The van der Waals surface area contributed by atoms with Gasteiger partial charge in [-0.3, -0.25) is 0 Å². The molecule has 0 fully saturated rings. The van der Waals surface area contributed by atoms with Crippen molar-refractivity contribution in [3.63, 3.8) is 0 Å². The second-order valence-corrected chi connectivity index (χ2v) is 3.94. The molecule has 0 aliphatic rings. The summed E-state index contributed by atoms with van der Waals surface area (Å²) in [6.07, 6.45) is 0. The van der Waals surface area contributed by atoms with Gasteiger partial charge in [-0.25, -0.2) is 9.18 Å². The normalized spacial score (nSPS) is 9.87. The average molecular weight is 296 g/mol. The Morgan fingerprint density at radius 2 is 2.27 bits per heavy atom. The molecule has 6 heteroatoms. The summed E-state index contributed by atoms with van der Waals surface area (Å²) in [6, 6.07) is 2.53. The molecule has 0 spiro atoms. The van der Waals surface area contributed by atoms with Crippen LogP contribution >= 0.6 is 27.5 Å². The molecule has 82 valence electrons. The van der Waals surface area contributed by atoms with Crippen molar-refractivity contribution in [3.8, 4) is 0 Å². The molecular formula is C9H9BrClFN2O. The van der Waals surface area contributed by atoms with Crippen LogP contribution in [0.3, 0.4) is 0 Å². The van der Waals surface area contributed by atoms with E-state index in [2.05, 4.69) is 26.6 Å². The maximum absolute atomic E-state index is 13.5. The van der Waals surface area contributed by atoms with Gasteiger partial charge in [0.05, 0.1) is 10.7 Å². The van der Waals surface area contributed by atoms with Gasteiger partial charge in [-0.1, -0.05) is 11.6 Å². The van der Waals surface area contributed by atoms with Gasteiger partial charge in [-0.15, -0.1) is 0 Å². The van der Waals surface area contributed by atoms with Crippen molar-refractivity contribution in [2.75, 3.05) is 11.9 Å². The number of benzene rings is 1. The fourth-order valence-corrected chi connectivity index (χ4v) is 1.42. The monoisotopic (exact) mass is 294 g/mol. The third-order valence-electron chi connectivity index (χ3n) is 1.62. The topological polar surface area (TPSA) is 41.1 Å². The Labute approximate surface area is 100 Å². The smallest absolute Gasteiger partial charge is 0.319 e. The quantitative estimate of drug-likeness (QED) is 0.807. The number of amides is 2. The number of urea groups is 1. The zero-order chi connectivity index (χ0) is 11.4. The Bertz CT molecular complexity index is 387. The van der Waals surface area contributed by atoms with Gasteiger partial charge in [0, 0.05) is 11.0 Å². The summed E-state index contributed by atoms with van der Waals surface area (Å²) in [5.74, 6) is -0.655.